The minimum Gasteiger partial charge on any atom is -0.479 e. The molecule has 1 atom stereocenters. The van der Waals surface area contributed by atoms with Gasteiger partial charge >= 0.3 is 5.97 Å². The molecule has 1 aromatic rings. The third-order valence-corrected chi connectivity index (χ3v) is 4.08. The predicted molar refractivity (Wildman–Crippen MR) is 63.5 cm³/mol. The van der Waals surface area contributed by atoms with E-state index >= 15 is 0 Å². The molecule has 0 aromatic carbocycles. The second-order valence-electron chi connectivity index (χ2n) is 3.21. The summed E-state index contributed by atoms with van der Waals surface area (Å²) in [7, 11) is 0. The van der Waals surface area contributed by atoms with Gasteiger partial charge in [0.15, 0.2) is 6.10 Å². The summed E-state index contributed by atoms with van der Waals surface area (Å²) in [5.41, 5.74) is 0. The van der Waals surface area contributed by atoms with Gasteiger partial charge < -0.3 is 10.2 Å². The van der Waals surface area contributed by atoms with Gasteiger partial charge in [0.2, 0.25) is 0 Å². The van der Waals surface area contributed by atoms with Gasteiger partial charge in [-0.25, -0.2) is 4.79 Å². The predicted octanol–water partition coefficient (Wildman–Crippen LogP) is 2.13. The standard InChI is InChI=1S/C10H14O3S2/c1-7-2-3-8(15-7)6-14-5-4-9(11)10(12)13/h2-3,9,11H,4-6H2,1H3,(H,12,13). The Morgan fingerprint density at radius 1 is 1.60 bits per heavy atom. The van der Waals surface area contributed by atoms with Crippen molar-refractivity contribution >= 4 is 29.1 Å². The molecule has 0 aliphatic carbocycles. The van der Waals surface area contributed by atoms with Crippen LogP contribution in [0, 0.1) is 6.92 Å². The maximum atomic E-state index is 10.3. The fraction of sp³-hybridized carbons (Fsp3) is 0.500. The summed E-state index contributed by atoms with van der Waals surface area (Å²) >= 11 is 3.41. The fourth-order valence-electron chi connectivity index (χ4n) is 1.05. The van der Waals surface area contributed by atoms with Crippen molar-refractivity contribution in [3.05, 3.63) is 21.9 Å². The SMILES string of the molecule is Cc1ccc(CSCCC(O)C(=O)O)s1. The highest BCUT2D eigenvalue weighted by Crippen LogP contribution is 2.21. The molecule has 2 N–H and O–H groups in total. The fourth-order valence-corrected chi connectivity index (χ4v) is 3.06. The summed E-state index contributed by atoms with van der Waals surface area (Å²) < 4.78 is 0. The van der Waals surface area contributed by atoms with Gasteiger partial charge in [0.05, 0.1) is 0 Å². The number of hydrogen-bond donors (Lipinski definition) is 2. The lowest BCUT2D eigenvalue weighted by Crippen LogP contribution is -2.19. The highest BCUT2D eigenvalue weighted by Gasteiger charge is 2.11. The second kappa shape index (κ2) is 6.15. The molecule has 0 aliphatic heterocycles. The first-order valence-corrected chi connectivity index (χ1v) is 6.60. The van der Waals surface area contributed by atoms with Crippen molar-refractivity contribution in [1.82, 2.24) is 0 Å². The lowest BCUT2D eigenvalue weighted by Gasteiger charge is -2.03. The Hall–Kier alpha value is -0.520. The number of aliphatic hydroxyl groups excluding tert-OH is 1. The molecular weight excluding hydrogens is 232 g/mol. The molecule has 0 saturated heterocycles. The smallest absolute Gasteiger partial charge is 0.332 e. The van der Waals surface area contributed by atoms with E-state index in [9.17, 15) is 4.79 Å². The number of carbonyl (C=O) groups is 1. The maximum absolute atomic E-state index is 10.3. The molecule has 0 aliphatic rings. The van der Waals surface area contributed by atoms with E-state index in [4.69, 9.17) is 10.2 Å². The number of aryl methyl sites for hydroxylation is 1. The number of carboxylic acid groups (broad SMARTS) is 1. The summed E-state index contributed by atoms with van der Waals surface area (Å²) in [5, 5.41) is 17.5. The molecular formula is C10H14O3S2. The zero-order valence-electron chi connectivity index (χ0n) is 8.47. The van der Waals surface area contributed by atoms with Gasteiger partial charge in [-0.15, -0.1) is 11.3 Å². The van der Waals surface area contributed by atoms with Gasteiger partial charge in [-0.2, -0.15) is 11.8 Å². The van der Waals surface area contributed by atoms with Gasteiger partial charge in [0.25, 0.3) is 0 Å². The van der Waals surface area contributed by atoms with Gasteiger partial charge in [0.1, 0.15) is 0 Å². The minimum atomic E-state index is -1.22. The zero-order chi connectivity index (χ0) is 11.3. The molecule has 0 spiro atoms. The molecule has 15 heavy (non-hydrogen) atoms. The largest absolute Gasteiger partial charge is 0.479 e. The highest BCUT2D eigenvalue weighted by atomic mass is 32.2. The van der Waals surface area contributed by atoms with Crippen LogP contribution in [0.25, 0.3) is 0 Å². The average Bonchev–Trinajstić information content (AvgIpc) is 2.58. The number of hydrogen-bond acceptors (Lipinski definition) is 4. The normalized spacial score (nSPS) is 12.7. The first-order chi connectivity index (χ1) is 7.09. The van der Waals surface area contributed by atoms with E-state index in [2.05, 4.69) is 19.1 Å². The van der Waals surface area contributed by atoms with Gasteiger partial charge in [-0.3, -0.25) is 0 Å². The summed E-state index contributed by atoms with van der Waals surface area (Å²) in [4.78, 5) is 12.9. The Bertz CT molecular complexity index is 322. The van der Waals surface area contributed by atoms with Crippen LogP contribution >= 0.6 is 23.1 Å². The lowest BCUT2D eigenvalue weighted by molar-refractivity contribution is -0.146. The molecule has 0 saturated carbocycles. The first-order valence-electron chi connectivity index (χ1n) is 4.63. The third kappa shape index (κ3) is 4.68. The van der Waals surface area contributed by atoms with E-state index in [1.54, 1.807) is 23.1 Å². The molecule has 1 unspecified atom stereocenters. The molecule has 84 valence electrons. The highest BCUT2D eigenvalue weighted by molar-refractivity contribution is 7.98. The van der Waals surface area contributed by atoms with Crippen LogP contribution in [0.1, 0.15) is 16.2 Å². The van der Waals surface area contributed by atoms with Crippen LogP contribution in [0.3, 0.4) is 0 Å². The topological polar surface area (TPSA) is 57.5 Å². The summed E-state index contributed by atoms with van der Waals surface area (Å²) in [6.07, 6.45) is -0.910. The Morgan fingerprint density at radius 2 is 2.33 bits per heavy atom. The second-order valence-corrected chi connectivity index (χ2v) is 5.69. The molecule has 0 fully saturated rings. The molecule has 1 heterocycles. The van der Waals surface area contributed by atoms with E-state index in [1.807, 2.05) is 0 Å². The number of aliphatic hydroxyl groups is 1. The third-order valence-electron chi connectivity index (χ3n) is 1.86. The van der Waals surface area contributed by atoms with Crippen LogP contribution < -0.4 is 0 Å². The maximum Gasteiger partial charge on any atom is 0.332 e. The van der Waals surface area contributed by atoms with Crippen LogP contribution in [0.5, 0.6) is 0 Å². The Morgan fingerprint density at radius 3 is 2.87 bits per heavy atom. The van der Waals surface area contributed by atoms with E-state index in [0.29, 0.717) is 12.2 Å². The van der Waals surface area contributed by atoms with Crippen molar-refractivity contribution in [3.63, 3.8) is 0 Å². The van der Waals surface area contributed by atoms with Crippen LogP contribution in [0.4, 0.5) is 0 Å². The molecule has 0 bridgehead atoms. The van der Waals surface area contributed by atoms with Gasteiger partial charge in [0, 0.05) is 15.5 Å². The first kappa shape index (κ1) is 12.5. The molecule has 0 radical (unpaired) electrons. The molecule has 5 heteroatoms. The summed E-state index contributed by atoms with van der Waals surface area (Å²) in [5.74, 6) is 0.428. The minimum absolute atomic E-state index is 0.310. The summed E-state index contributed by atoms with van der Waals surface area (Å²) in [6.45, 7) is 2.06. The van der Waals surface area contributed by atoms with Crippen molar-refractivity contribution in [3.8, 4) is 0 Å². The van der Waals surface area contributed by atoms with Crippen LogP contribution in [-0.4, -0.2) is 28.0 Å². The number of thiophene rings is 1. The van der Waals surface area contributed by atoms with Crippen molar-refractivity contribution in [1.29, 1.82) is 0 Å². The average molecular weight is 246 g/mol. The van der Waals surface area contributed by atoms with E-state index < -0.39 is 12.1 Å². The summed E-state index contributed by atoms with van der Waals surface area (Å²) in [6, 6.07) is 4.16. The van der Waals surface area contributed by atoms with E-state index in [0.717, 1.165) is 5.75 Å². The number of rotatable bonds is 6. The van der Waals surface area contributed by atoms with Crippen LogP contribution in [0.2, 0.25) is 0 Å². The van der Waals surface area contributed by atoms with Crippen molar-refractivity contribution in [2.75, 3.05) is 5.75 Å². The van der Waals surface area contributed by atoms with Crippen LogP contribution in [-0.2, 0) is 10.5 Å². The number of carboxylic acids is 1. The quantitative estimate of drug-likeness (QED) is 0.755. The Labute approximate surface area is 97.1 Å². The van der Waals surface area contributed by atoms with E-state index in [-0.39, 0.29) is 0 Å². The Kier molecular flexibility index (Phi) is 5.14. The van der Waals surface area contributed by atoms with Gasteiger partial charge in [-0.1, -0.05) is 0 Å². The molecule has 1 rings (SSSR count). The molecule has 1 aromatic heterocycles. The zero-order valence-corrected chi connectivity index (χ0v) is 10.1. The van der Waals surface area contributed by atoms with Crippen molar-refractivity contribution in [2.24, 2.45) is 0 Å². The molecule has 0 amide bonds. The van der Waals surface area contributed by atoms with Gasteiger partial charge in [-0.05, 0) is 31.2 Å². The Balaban J connectivity index is 2.14. The van der Waals surface area contributed by atoms with E-state index in [1.165, 1.54) is 9.75 Å². The number of thioether (sulfide) groups is 1. The van der Waals surface area contributed by atoms with Crippen molar-refractivity contribution in [2.45, 2.75) is 25.2 Å². The molecule has 3 nitrogen and oxygen atoms in total. The monoisotopic (exact) mass is 246 g/mol. The van der Waals surface area contributed by atoms with Crippen molar-refractivity contribution < 1.29 is 15.0 Å². The number of aliphatic carboxylic acids is 1. The van der Waals surface area contributed by atoms with Crippen LogP contribution in [0.15, 0.2) is 12.1 Å². The lowest BCUT2D eigenvalue weighted by atomic mass is 10.3.